The molecular weight excluding hydrogens is 270 g/mol. The Kier molecular flexibility index (Phi) is 3.01. The number of fused-ring (bicyclic) bond motifs is 1. The maximum atomic E-state index is 11.5. The summed E-state index contributed by atoms with van der Waals surface area (Å²) in [5.74, 6) is -0.965. The Morgan fingerprint density at radius 3 is 2.67 bits per heavy atom. The van der Waals surface area contributed by atoms with Gasteiger partial charge in [0, 0.05) is 31.8 Å². The highest BCUT2D eigenvalue weighted by Crippen LogP contribution is 2.32. The molecule has 2 heterocycles. The molecule has 3 rings (SSSR count). The summed E-state index contributed by atoms with van der Waals surface area (Å²) in [6, 6.07) is 7.30. The molecule has 0 fully saturated rings. The van der Waals surface area contributed by atoms with Gasteiger partial charge in [0.2, 0.25) is 5.91 Å². The van der Waals surface area contributed by atoms with Gasteiger partial charge in [0.25, 0.3) is 0 Å². The lowest BCUT2D eigenvalue weighted by Crippen LogP contribution is -2.25. The fourth-order valence-corrected chi connectivity index (χ4v) is 2.70. The van der Waals surface area contributed by atoms with Crippen LogP contribution in [-0.2, 0) is 18.3 Å². The summed E-state index contributed by atoms with van der Waals surface area (Å²) < 4.78 is 1.35. The van der Waals surface area contributed by atoms with E-state index in [0.717, 1.165) is 23.2 Å². The van der Waals surface area contributed by atoms with Crippen molar-refractivity contribution in [2.45, 2.75) is 13.3 Å². The number of carboxylic acids is 1. The number of carbonyl (C=O) groups is 2. The molecule has 1 aromatic carbocycles. The highest BCUT2D eigenvalue weighted by atomic mass is 16.4. The summed E-state index contributed by atoms with van der Waals surface area (Å²) in [5, 5.41) is 13.3. The largest absolute Gasteiger partial charge is 0.477 e. The van der Waals surface area contributed by atoms with Gasteiger partial charge in [-0.25, -0.2) is 4.79 Å². The molecular formula is C15H15N3O3. The minimum Gasteiger partial charge on any atom is -0.477 e. The Labute approximate surface area is 121 Å². The van der Waals surface area contributed by atoms with Gasteiger partial charge in [0.1, 0.15) is 5.69 Å². The third-order valence-corrected chi connectivity index (χ3v) is 3.75. The molecule has 2 aromatic rings. The van der Waals surface area contributed by atoms with Crippen molar-refractivity contribution in [3.63, 3.8) is 0 Å². The average Bonchev–Trinajstić information content (AvgIpc) is 3.01. The van der Waals surface area contributed by atoms with Crippen LogP contribution in [0.5, 0.6) is 0 Å². The zero-order chi connectivity index (χ0) is 15.1. The third kappa shape index (κ3) is 2.18. The van der Waals surface area contributed by atoms with Crippen LogP contribution in [0.1, 0.15) is 23.0 Å². The Hall–Kier alpha value is -2.63. The number of anilines is 1. The molecule has 0 unspecified atom stereocenters. The molecule has 21 heavy (non-hydrogen) atoms. The SMILES string of the molecule is CC(=O)N1CCc2cc(-c3cc(C(=O)O)n(C)n3)ccc21. The minimum absolute atomic E-state index is 0.0347. The van der Waals surface area contributed by atoms with E-state index in [1.807, 2.05) is 18.2 Å². The minimum atomic E-state index is -1.000. The Bertz CT molecular complexity index is 749. The van der Waals surface area contributed by atoms with Crippen molar-refractivity contribution in [2.24, 2.45) is 7.05 Å². The zero-order valence-corrected chi connectivity index (χ0v) is 11.8. The molecule has 0 atom stereocenters. The second kappa shape index (κ2) is 4.73. The number of amides is 1. The average molecular weight is 285 g/mol. The molecule has 0 radical (unpaired) electrons. The lowest BCUT2D eigenvalue weighted by molar-refractivity contribution is -0.116. The van der Waals surface area contributed by atoms with Crippen molar-refractivity contribution in [3.05, 3.63) is 35.5 Å². The molecule has 0 saturated carbocycles. The summed E-state index contributed by atoms with van der Waals surface area (Å²) in [6.45, 7) is 2.25. The summed E-state index contributed by atoms with van der Waals surface area (Å²) >= 11 is 0. The van der Waals surface area contributed by atoms with E-state index in [2.05, 4.69) is 5.10 Å². The topological polar surface area (TPSA) is 75.4 Å². The molecule has 1 aromatic heterocycles. The maximum absolute atomic E-state index is 11.5. The van der Waals surface area contributed by atoms with Gasteiger partial charge in [-0.15, -0.1) is 0 Å². The van der Waals surface area contributed by atoms with Gasteiger partial charge in [0.05, 0.1) is 5.69 Å². The molecule has 0 spiro atoms. The van der Waals surface area contributed by atoms with E-state index < -0.39 is 5.97 Å². The number of carbonyl (C=O) groups excluding carboxylic acids is 1. The lowest BCUT2D eigenvalue weighted by Gasteiger charge is -2.14. The van der Waals surface area contributed by atoms with Gasteiger partial charge in [-0.05, 0) is 30.2 Å². The summed E-state index contributed by atoms with van der Waals surface area (Å²) in [7, 11) is 1.61. The van der Waals surface area contributed by atoms with Crippen molar-refractivity contribution in [1.82, 2.24) is 9.78 Å². The fraction of sp³-hybridized carbons (Fsp3) is 0.267. The first-order chi connectivity index (χ1) is 9.97. The number of hydrogen-bond acceptors (Lipinski definition) is 3. The molecule has 1 aliphatic rings. The van der Waals surface area contributed by atoms with Crippen LogP contribution in [-0.4, -0.2) is 33.3 Å². The summed E-state index contributed by atoms with van der Waals surface area (Å²) in [5.41, 5.74) is 3.66. The highest BCUT2D eigenvalue weighted by molar-refractivity contribution is 5.94. The first kappa shape index (κ1) is 13.4. The van der Waals surface area contributed by atoms with Crippen molar-refractivity contribution in [2.75, 3.05) is 11.4 Å². The predicted molar refractivity (Wildman–Crippen MR) is 77.3 cm³/mol. The van der Waals surface area contributed by atoms with Gasteiger partial charge >= 0.3 is 5.97 Å². The number of benzene rings is 1. The van der Waals surface area contributed by atoms with Crippen LogP contribution < -0.4 is 4.90 Å². The molecule has 0 saturated heterocycles. The van der Waals surface area contributed by atoms with Gasteiger partial charge in [0.15, 0.2) is 0 Å². The molecule has 108 valence electrons. The van der Waals surface area contributed by atoms with Crippen LogP contribution in [0.15, 0.2) is 24.3 Å². The number of nitrogens with zero attached hydrogens (tertiary/aromatic N) is 3. The second-order valence-electron chi connectivity index (χ2n) is 5.11. The second-order valence-corrected chi connectivity index (χ2v) is 5.11. The lowest BCUT2D eigenvalue weighted by atomic mass is 10.1. The highest BCUT2D eigenvalue weighted by Gasteiger charge is 2.23. The molecule has 1 N–H and O–H groups in total. The monoisotopic (exact) mass is 285 g/mol. The van der Waals surface area contributed by atoms with Crippen molar-refractivity contribution >= 4 is 17.6 Å². The number of aryl methyl sites for hydroxylation is 1. The number of rotatable bonds is 2. The Balaban J connectivity index is 2.00. The molecule has 0 bridgehead atoms. The van der Waals surface area contributed by atoms with Gasteiger partial charge in [-0.3, -0.25) is 9.48 Å². The van der Waals surface area contributed by atoms with Crippen LogP contribution in [0.4, 0.5) is 5.69 Å². The van der Waals surface area contributed by atoms with Crippen LogP contribution in [0.3, 0.4) is 0 Å². The first-order valence-corrected chi connectivity index (χ1v) is 6.66. The fourth-order valence-electron chi connectivity index (χ4n) is 2.70. The molecule has 6 nitrogen and oxygen atoms in total. The van der Waals surface area contributed by atoms with Crippen molar-refractivity contribution in [3.8, 4) is 11.3 Å². The van der Waals surface area contributed by atoms with Crippen molar-refractivity contribution in [1.29, 1.82) is 0 Å². The number of aromatic nitrogens is 2. The number of hydrogen-bond donors (Lipinski definition) is 1. The summed E-state index contributed by atoms with van der Waals surface area (Å²) in [6.07, 6.45) is 0.807. The van der Waals surface area contributed by atoms with E-state index >= 15 is 0 Å². The number of aromatic carboxylic acids is 1. The quantitative estimate of drug-likeness (QED) is 0.911. The molecule has 1 amide bonds. The Morgan fingerprint density at radius 2 is 2.05 bits per heavy atom. The van der Waals surface area contributed by atoms with Gasteiger partial charge < -0.3 is 10.0 Å². The van der Waals surface area contributed by atoms with E-state index in [1.165, 1.54) is 4.68 Å². The van der Waals surface area contributed by atoms with E-state index in [9.17, 15) is 9.59 Å². The normalized spacial score (nSPS) is 13.3. The predicted octanol–water partition coefficient (Wildman–Crippen LogP) is 1.69. The van der Waals surface area contributed by atoms with Crippen molar-refractivity contribution < 1.29 is 14.7 Å². The van der Waals surface area contributed by atoms with Crippen LogP contribution in [0.25, 0.3) is 11.3 Å². The van der Waals surface area contributed by atoms with Crippen LogP contribution >= 0.6 is 0 Å². The van der Waals surface area contributed by atoms with Gasteiger partial charge in [-0.1, -0.05) is 6.07 Å². The van der Waals surface area contributed by atoms with E-state index in [-0.39, 0.29) is 11.6 Å². The third-order valence-electron chi connectivity index (χ3n) is 3.75. The number of carboxylic acid groups (broad SMARTS) is 1. The smallest absolute Gasteiger partial charge is 0.354 e. The van der Waals surface area contributed by atoms with Gasteiger partial charge in [-0.2, -0.15) is 5.10 Å². The summed E-state index contributed by atoms with van der Waals surface area (Å²) in [4.78, 5) is 24.3. The van der Waals surface area contributed by atoms with Crippen LogP contribution in [0, 0.1) is 0 Å². The molecule has 6 heteroatoms. The molecule has 1 aliphatic heterocycles. The van der Waals surface area contributed by atoms with E-state index in [4.69, 9.17) is 5.11 Å². The maximum Gasteiger partial charge on any atom is 0.354 e. The standard InChI is InChI=1S/C15H15N3O3/c1-9(19)18-6-5-11-7-10(3-4-13(11)18)12-8-14(15(20)21)17(2)16-12/h3-4,7-8H,5-6H2,1-2H3,(H,20,21). The van der Waals surface area contributed by atoms with E-state index in [1.54, 1.807) is 24.9 Å². The first-order valence-electron chi connectivity index (χ1n) is 6.66. The Morgan fingerprint density at radius 1 is 1.29 bits per heavy atom. The van der Waals surface area contributed by atoms with Crippen LogP contribution in [0.2, 0.25) is 0 Å². The zero-order valence-electron chi connectivity index (χ0n) is 11.8. The van der Waals surface area contributed by atoms with E-state index in [0.29, 0.717) is 12.2 Å². The molecule has 0 aliphatic carbocycles.